The molecule has 6 rings (SSSR count). The fourth-order valence-electron chi connectivity index (χ4n) is 6.14. The van der Waals surface area contributed by atoms with Gasteiger partial charge in [0.1, 0.15) is 28.7 Å². The maximum absolute atomic E-state index is 16.7. The molecule has 2 bridgehead atoms. The number of phenols is 1. The predicted octanol–water partition coefficient (Wildman–Crippen LogP) is 4.89. The number of hydrogen-bond donors (Lipinski definition) is 3. The van der Waals surface area contributed by atoms with Crippen LogP contribution in [-0.2, 0) is 5.60 Å². The number of nitrogens with one attached hydrogen (secondary N) is 1. The van der Waals surface area contributed by atoms with E-state index in [-0.39, 0.29) is 28.0 Å². The lowest BCUT2D eigenvalue weighted by atomic mass is 9.92. The molecule has 2 unspecified atom stereocenters. The lowest BCUT2D eigenvalue weighted by Gasteiger charge is -2.35. The smallest absolute Gasteiger partial charge is 0.157 e. The molecule has 194 valence electrons. The Labute approximate surface area is 219 Å². The first-order valence-electron chi connectivity index (χ1n) is 12.7. The van der Waals surface area contributed by atoms with E-state index in [9.17, 15) is 14.6 Å². The fourth-order valence-corrected chi connectivity index (χ4v) is 6.14. The molecule has 2 aliphatic rings. The minimum absolute atomic E-state index is 0.0283. The maximum atomic E-state index is 16.7. The molecule has 0 radical (unpaired) electrons. The Kier molecular flexibility index (Phi) is 5.56. The lowest BCUT2D eigenvalue weighted by molar-refractivity contribution is 0.0734. The van der Waals surface area contributed by atoms with Crippen molar-refractivity contribution in [1.82, 2.24) is 15.3 Å². The highest BCUT2D eigenvalue weighted by Crippen LogP contribution is 2.41. The van der Waals surface area contributed by atoms with Gasteiger partial charge in [0, 0.05) is 53.1 Å². The topological polar surface area (TPSA) is 81.5 Å². The molecule has 2 aromatic carbocycles. The van der Waals surface area contributed by atoms with Crippen molar-refractivity contribution in [3.8, 4) is 29.4 Å². The average molecular weight is 515 g/mol. The molecule has 0 amide bonds. The van der Waals surface area contributed by atoms with Crippen LogP contribution in [0.2, 0.25) is 0 Å². The summed E-state index contributed by atoms with van der Waals surface area (Å²) in [6, 6.07) is 6.17. The predicted molar refractivity (Wildman–Crippen MR) is 144 cm³/mol. The number of nitrogens with zero attached hydrogens (tertiary/aromatic N) is 3. The minimum atomic E-state index is -1.33. The Hall–Kier alpha value is -3.80. The highest BCUT2D eigenvalue weighted by molar-refractivity contribution is 6.04. The molecule has 0 saturated carbocycles. The van der Waals surface area contributed by atoms with Crippen molar-refractivity contribution < 1.29 is 19.0 Å². The Balaban J connectivity index is 1.66. The van der Waals surface area contributed by atoms with Gasteiger partial charge in [-0.05, 0) is 62.8 Å². The van der Waals surface area contributed by atoms with E-state index in [0.717, 1.165) is 25.9 Å². The van der Waals surface area contributed by atoms with Crippen LogP contribution in [0.25, 0.3) is 32.8 Å². The summed E-state index contributed by atoms with van der Waals surface area (Å²) in [5.74, 6) is 1.56. The molecule has 2 saturated heterocycles. The van der Waals surface area contributed by atoms with E-state index in [0.29, 0.717) is 45.3 Å². The van der Waals surface area contributed by atoms with Gasteiger partial charge in [0.2, 0.25) is 0 Å². The normalized spacial score (nSPS) is 19.3. The van der Waals surface area contributed by atoms with Gasteiger partial charge in [0.05, 0.1) is 11.3 Å². The molecular weight excluding hydrogens is 486 g/mol. The SMILES string of the molecule is C#Cc1c(F)ccc2cc(O)cc(-c3ncc4c(N5CC6CCC(C5)N6)nc(C(C)(C)O)c(C)c4c3F)c12. The minimum Gasteiger partial charge on any atom is -0.508 e. The summed E-state index contributed by atoms with van der Waals surface area (Å²) in [5.41, 5.74) is -0.369. The molecular formula is C30H28F2N4O2. The number of benzene rings is 2. The number of rotatable bonds is 3. The maximum Gasteiger partial charge on any atom is 0.157 e. The highest BCUT2D eigenvalue weighted by Gasteiger charge is 2.35. The first-order valence-corrected chi connectivity index (χ1v) is 12.7. The zero-order valence-corrected chi connectivity index (χ0v) is 21.4. The van der Waals surface area contributed by atoms with E-state index in [2.05, 4.69) is 21.1 Å². The largest absolute Gasteiger partial charge is 0.508 e. The molecule has 6 nitrogen and oxygen atoms in total. The Bertz CT molecular complexity index is 1660. The summed E-state index contributed by atoms with van der Waals surface area (Å²) in [7, 11) is 0. The van der Waals surface area contributed by atoms with Crippen LogP contribution in [0.1, 0.15) is 43.5 Å². The number of aromatic nitrogens is 2. The van der Waals surface area contributed by atoms with E-state index in [4.69, 9.17) is 11.4 Å². The standard InChI is InChI=1S/C30H28F2N4O2/c1-5-20-23(31)9-6-16-10-19(37)11-21(25(16)20)27-26(32)24-15(2)28(30(3,4)38)35-29(22(24)12-33-27)36-13-17-7-8-18(14-36)34-17/h1,6,9-12,17-18,34,37-38H,7-8,13-14H2,2-4H3. The second-order valence-electron chi connectivity index (χ2n) is 10.9. The van der Waals surface area contributed by atoms with Gasteiger partial charge in [-0.2, -0.15) is 0 Å². The molecule has 2 atom stereocenters. The number of phenolic OH excluding ortho intramolecular Hbond substituents is 1. The summed E-state index contributed by atoms with van der Waals surface area (Å²) in [6.45, 7) is 6.43. The summed E-state index contributed by atoms with van der Waals surface area (Å²) in [6.07, 6.45) is 9.35. The van der Waals surface area contributed by atoms with E-state index >= 15 is 4.39 Å². The number of piperazine rings is 1. The van der Waals surface area contributed by atoms with Gasteiger partial charge in [-0.3, -0.25) is 4.98 Å². The number of aryl methyl sites for hydroxylation is 1. The number of pyridine rings is 2. The van der Waals surface area contributed by atoms with E-state index in [1.807, 2.05) is 0 Å². The summed E-state index contributed by atoms with van der Waals surface area (Å²) in [4.78, 5) is 11.5. The fraction of sp³-hybridized carbons (Fsp3) is 0.333. The Morgan fingerprint density at radius 3 is 2.50 bits per heavy atom. The van der Waals surface area contributed by atoms with E-state index < -0.39 is 17.2 Å². The van der Waals surface area contributed by atoms with Gasteiger partial charge in [0.15, 0.2) is 5.82 Å². The number of fused-ring (bicyclic) bond motifs is 4. The third-order valence-corrected chi connectivity index (χ3v) is 7.76. The van der Waals surface area contributed by atoms with Gasteiger partial charge in [-0.1, -0.05) is 12.0 Å². The van der Waals surface area contributed by atoms with Crippen molar-refractivity contribution in [3.05, 3.63) is 58.9 Å². The first kappa shape index (κ1) is 24.5. The van der Waals surface area contributed by atoms with Gasteiger partial charge in [-0.25, -0.2) is 13.8 Å². The molecule has 4 aromatic rings. The quantitative estimate of drug-likeness (QED) is 0.338. The van der Waals surface area contributed by atoms with Crippen molar-refractivity contribution >= 4 is 27.4 Å². The van der Waals surface area contributed by atoms with Crippen LogP contribution in [0, 0.1) is 30.9 Å². The molecule has 38 heavy (non-hydrogen) atoms. The second-order valence-corrected chi connectivity index (χ2v) is 10.9. The van der Waals surface area contributed by atoms with Crippen molar-refractivity contribution in [2.75, 3.05) is 18.0 Å². The molecule has 3 N–H and O–H groups in total. The molecule has 0 aliphatic carbocycles. The molecule has 2 fully saturated rings. The Morgan fingerprint density at radius 1 is 1.13 bits per heavy atom. The number of halogens is 2. The van der Waals surface area contributed by atoms with Crippen LogP contribution in [0.15, 0.2) is 30.5 Å². The van der Waals surface area contributed by atoms with E-state index in [1.165, 1.54) is 24.3 Å². The lowest BCUT2D eigenvalue weighted by Crippen LogP contribution is -2.51. The summed E-state index contributed by atoms with van der Waals surface area (Å²) < 4.78 is 31.3. The molecule has 0 spiro atoms. The van der Waals surface area contributed by atoms with Gasteiger partial charge in [0.25, 0.3) is 0 Å². The first-order chi connectivity index (χ1) is 18.1. The third-order valence-electron chi connectivity index (χ3n) is 7.76. The van der Waals surface area contributed by atoms with Crippen LogP contribution < -0.4 is 10.2 Å². The zero-order valence-electron chi connectivity index (χ0n) is 21.4. The van der Waals surface area contributed by atoms with Gasteiger partial charge >= 0.3 is 0 Å². The Morgan fingerprint density at radius 2 is 1.84 bits per heavy atom. The molecule has 8 heteroatoms. The van der Waals surface area contributed by atoms with Crippen molar-refractivity contribution in [3.63, 3.8) is 0 Å². The second kappa shape index (κ2) is 8.62. The number of aliphatic hydroxyl groups is 1. The highest BCUT2D eigenvalue weighted by atomic mass is 19.1. The van der Waals surface area contributed by atoms with Crippen molar-refractivity contribution in [2.24, 2.45) is 0 Å². The van der Waals surface area contributed by atoms with Crippen LogP contribution in [-0.4, -0.2) is 45.4 Å². The number of aromatic hydroxyl groups is 1. The molecule has 4 heterocycles. The van der Waals surface area contributed by atoms with Crippen LogP contribution in [0.5, 0.6) is 5.75 Å². The summed E-state index contributed by atoms with van der Waals surface area (Å²) >= 11 is 0. The third kappa shape index (κ3) is 3.77. The van der Waals surface area contributed by atoms with Gasteiger partial charge < -0.3 is 20.4 Å². The van der Waals surface area contributed by atoms with Crippen LogP contribution >= 0.6 is 0 Å². The zero-order chi connectivity index (χ0) is 26.9. The summed E-state index contributed by atoms with van der Waals surface area (Å²) in [5, 5.41) is 26.6. The molecule has 2 aromatic heterocycles. The molecule has 2 aliphatic heterocycles. The monoisotopic (exact) mass is 514 g/mol. The average Bonchev–Trinajstić information content (AvgIpc) is 3.20. The van der Waals surface area contributed by atoms with Crippen molar-refractivity contribution in [1.29, 1.82) is 0 Å². The van der Waals surface area contributed by atoms with Crippen LogP contribution in [0.4, 0.5) is 14.6 Å². The van der Waals surface area contributed by atoms with Gasteiger partial charge in [-0.15, -0.1) is 6.42 Å². The number of terminal acetylenes is 1. The number of anilines is 1. The number of hydrogen-bond acceptors (Lipinski definition) is 6. The van der Waals surface area contributed by atoms with E-state index in [1.54, 1.807) is 27.0 Å². The van der Waals surface area contributed by atoms with Crippen molar-refractivity contribution in [2.45, 2.75) is 51.3 Å². The van der Waals surface area contributed by atoms with Crippen LogP contribution in [0.3, 0.4) is 0 Å².